The maximum absolute atomic E-state index is 12.7. The zero-order valence-electron chi connectivity index (χ0n) is 16.2. The third kappa shape index (κ3) is 4.86. The van der Waals surface area contributed by atoms with E-state index in [1.54, 1.807) is 6.92 Å². The Hall–Kier alpha value is -3.40. The van der Waals surface area contributed by atoms with Crippen molar-refractivity contribution in [1.29, 1.82) is 10.8 Å². The van der Waals surface area contributed by atoms with Crippen LogP contribution in [0.5, 0.6) is 0 Å². The van der Waals surface area contributed by atoms with E-state index < -0.39 is 11.7 Å². The van der Waals surface area contributed by atoms with Crippen LogP contribution in [0.15, 0.2) is 35.4 Å². The molecule has 10 nitrogen and oxygen atoms in total. The van der Waals surface area contributed by atoms with Gasteiger partial charge in [0.1, 0.15) is 0 Å². The molecule has 0 saturated heterocycles. The molecule has 1 aromatic heterocycles. The smallest absolute Gasteiger partial charge is 0.293 e. The number of hydrogen-bond donors (Lipinski definition) is 4. The van der Waals surface area contributed by atoms with Gasteiger partial charge in [-0.1, -0.05) is 49.4 Å². The Morgan fingerprint density at radius 1 is 1.25 bits per heavy atom. The van der Waals surface area contributed by atoms with E-state index in [9.17, 15) is 4.79 Å². The van der Waals surface area contributed by atoms with Crippen molar-refractivity contribution in [2.45, 2.75) is 27.3 Å². The van der Waals surface area contributed by atoms with Gasteiger partial charge in [-0.15, -0.1) is 5.10 Å². The third-order valence-corrected chi connectivity index (χ3v) is 4.23. The van der Waals surface area contributed by atoms with Crippen molar-refractivity contribution in [2.24, 2.45) is 10.8 Å². The molecule has 2 rings (SSSR count). The van der Waals surface area contributed by atoms with Gasteiger partial charge in [0.05, 0.1) is 11.4 Å². The lowest BCUT2D eigenvalue weighted by molar-refractivity contribution is 0.0947. The lowest BCUT2D eigenvalue weighted by Gasteiger charge is -2.18. The number of rotatable bonds is 7. The van der Waals surface area contributed by atoms with Crippen LogP contribution in [0.25, 0.3) is 0 Å². The fourth-order valence-electron chi connectivity index (χ4n) is 2.50. The number of nitrogens with one attached hydrogen (secondary N) is 3. The number of carbonyl (C=O) groups excluding carboxylic acids is 1. The van der Waals surface area contributed by atoms with Gasteiger partial charge < -0.3 is 5.73 Å². The van der Waals surface area contributed by atoms with Crippen LogP contribution in [0, 0.1) is 10.8 Å². The van der Waals surface area contributed by atoms with Crippen LogP contribution in [-0.4, -0.2) is 56.3 Å². The molecule has 0 aliphatic rings. The van der Waals surface area contributed by atoms with E-state index in [0.29, 0.717) is 18.0 Å². The second-order valence-corrected chi connectivity index (χ2v) is 6.02. The highest BCUT2D eigenvalue weighted by molar-refractivity contribution is 6.37. The molecule has 2 aromatic rings. The summed E-state index contributed by atoms with van der Waals surface area (Å²) in [7, 11) is 0. The first-order chi connectivity index (χ1) is 13.4. The number of hydrazone groups is 1. The zero-order valence-corrected chi connectivity index (χ0v) is 16.2. The summed E-state index contributed by atoms with van der Waals surface area (Å²) in [6.45, 7) is 7.57. The van der Waals surface area contributed by atoms with Crippen molar-refractivity contribution >= 4 is 23.3 Å². The SMILES string of the molecule is CCN(CC)Cc1c(C(=O)N/N=C(\C)c2ccccc2)nnn1C(=N)C(=N)N. The van der Waals surface area contributed by atoms with Crippen molar-refractivity contribution in [1.82, 2.24) is 25.3 Å². The highest BCUT2D eigenvalue weighted by Gasteiger charge is 2.24. The minimum Gasteiger partial charge on any atom is -0.381 e. The number of nitrogens with zero attached hydrogens (tertiary/aromatic N) is 5. The number of amidine groups is 1. The molecule has 10 heteroatoms. The zero-order chi connectivity index (χ0) is 20.7. The largest absolute Gasteiger partial charge is 0.381 e. The Morgan fingerprint density at radius 3 is 2.46 bits per heavy atom. The van der Waals surface area contributed by atoms with E-state index >= 15 is 0 Å². The monoisotopic (exact) mass is 383 g/mol. The average molecular weight is 383 g/mol. The van der Waals surface area contributed by atoms with E-state index in [1.165, 1.54) is 0 Å². The molecule has 1 heterocycles. The molecule has 148 valence electrons. The highest BCUT2D eigenvalue weighted by atomic mass is 16.2. The van der Waals surface area contributed by atoms with Crippen LogP contribution in [0.4, 0.5) is 0 Å². The Morgan fingerprint density at radius 2 is 1.89 bits per heavy atom. The number of amides is 1. The first-order valence-corrected chi connectivity index (χ1v) is 8.89. The Balaban J connectivity index is 2.31. The summed E-state index contributed by atoms with van der Waals surface area (Å²) in [5.74, 6) is -1.34. The summed E-state index contributed by atoms with van der Waals surface area (Å²) >= 11 is 0. The normalized spacial score (nSPS) is 11.5. The van der Waals surface area contributed by atoms with Gasteiger partial charge in [-0.05, 0) is 25.6 Å². The molecule has 5 N–H and O–H groups in total. The molecule has 0 spiro atoms. The van der Waals surface area contributed by atoms with Crippen LogP contribution in [-0.2, 0) is 6.54 Å². The summed E-state index contributed by atoms with van der Waals surface area (Å²) < 4.78 is 1.11. The molecule has 0 atom stereocenters. The van der Waals surface area contributed by atoms with Crippen molar-refractivity contribution in [3.05, 3.63) is 47.3 Å². The Kier molecular flexibility index (Phi) is 7.10. The van der Waals surface area contributed by atoms with E-state index in [1.807, 2.05) is 49.1 Å². The first-order valence-electron chi connectivity index (χ1n) is 8.89. The Bertz CT molecular complexity index is 882. The summed E-state index contributed by atoms with van der Waals surface area (Å²) in [6, 6.07) is 9.45. The van der Waals surface area contributed by atoms with Crippen LogP contribution >= 0.6 is 0 Å². The van der Waals surface area contributed by atoms with E-state index in [-0.39, 0.29) is 11.5 Å². The van der Waals surface area contributed by atoms with Gasteiger partial charge in [-0.2, -0.15) is 9.78 Å². The summed E-state index contributed by atoms with van der Waals surface area (Å²) in [6.07, 6.45) is 0. The second kappa shape index (κ2) is 9.51. The van der Waals surface area contributed by atoms with E-state index in [2.05, 4.69) is 20.8 Å². The van der Waals surface area contributed by atoms with Crippen LogP contribution in [0.3, 0.4) is 0 Å². The number of benzene rings is 1. The lowest BCUT2D eigenvalue weighted by Crippen LogP contribution is -2.33. The number of hydrogen-bond acceptors (Lipinski definition) is 7. The maximum atomic E-state index is 12.7. The fourth-order valence-corrected chi connectivity index (χ4v) is 2.50. The van der Waals surface area contributed by atoms with E-state index in [0.717, 1.165) is 23.3 Å². The van der Waals surface area contributed by atoms with Gasteiger partial charge in [0.25, 0.3) is 5.91 Å². The van der Waals surface area contributed by atoms with Gasteiger partial charge in [0.2, 0.25) is 0 Å². The van der Waals surface area contributed by atoms with Crippen molar-refractivity contribution in [3.8, 4) is 0 Å². The first kappa shape index (κ1) is 20.9. The molecule has 0 bridgehead atoms. The summed E-state index contributed by atoms with van der Waals surface area (Å²) in [5, 5.41) is 27.3. The minimum absolute atomic E-state index is 0.0440. The van der Waals surface area contributed by atoms with Crippen LogP contribution in [0.1, 0.15) is 42.5 Å². The molecule has 0 aliphatic heterocycles. The van der Waals surface area contributed by atoms with Crippen LogP contribution in [0.2, 0.25) is 0 Å². The lowest BCUT2D eigenvalue weighted by atomic mass is 10.1. The quantitative estimate of drug-likeness (QED) is 0.320. The van der Waals surface area contributed by atoms with Gasteiger partial charge in [0, 0.05) is 6.54 Å². The van der Waals surface area contributed by atoms with Gasteiger partial charge in [-0.25, -0.2) is 5.43 Å². The molecular weight excluding hydrogens is 358 g/mol. The van der Waals surface area contributed by atoms with Crippen molar-refractivity contribution in [2.75, 3.05) is 13.1 Å². The predicted octanol–water partition coefficient (Wildman–Crippen LogP) is 1.04. The number of nitrogens with two attached hydrogens (primary N) is 1. The van der Waals surface area contributed by atoms with Crippen molar-refractivity contribution in [3.63, 3.8) is 0 Å². The highest BCUT2D eigenvalue weighted by Crippen LogP contribution is 2.10. The molecule has 0 saturated carbocycles. The molecule has 28 heavy (non-hydrogen) atoms. The summed E-state index contributed by atoms with van der Waals surface area (Å²) in [4.78, 5) is 14.7. The minimum atomic E-state index is -0.542. The molecule has 0 unspecified atom stereocenters. The predicted molar refractivity (Wildman–Crippen MR) is 108 cm³/mol. The molecule has 0 fully saturated rings. The van der Waals surface area contributed by atoms with E-state index in [4.69, 9.17) is 16.6 Å². The number of aromatic nitrogens is 3. The second-order valence-electron chi connectivity index (χ2n) is 6.02. The summed E-state index contributed by atoms with van der Waals surface area (Å²) in [5.41, 5.74) is 9.85. The third-order valence-electron chi connectivity index (χ3n) is 4.23. The standard InChI is InChI=1S/C18H25N9O/c1-4-26(5-2)11-14-15(23-25-27(14)17(21)16(19)20)18(28)24-22-12(3)13-9-7-6-8-10-13/h6-10,21H,4-5,11H2,1-3H3,(H3,19,20)(H,24,28)/b21-17?,22-12+. The van der Waals surface area contributed by atoms with Crippen molar-refractivity contribution < 1.29 is 4.79 Å². The molecule has 0 radical (unpaired) electrons. The topological polar surface area (TPSA) is 149 Å². The maximum Gasteiger partial charge on any atom is 0.293 e. The fraction of sp³-hybridized carbons (Fsp3) is 0.333. The Labute approximate surface area is 163 Å². The molecule has 1 amide bonds. The van der Waals surface area contributed by atoms with Gasteiger partial charge in [0.15, 0.2) is 17.4 Å². The average Bonchev–Trinajstić information content (AvgIpc) is 3.13. The molecule has 0 aliphatic carbocycles. The molecular formula is C18H25N9O. The molecule has 1 aromatic carbocycles. The van der Waals surface area contributed by atoms with Crippen LogP contribution < -0.4 is 11.2 Å². The number of carbonyl (C=O) groups is 1. The van der Waals surface area contributed by atoms with Gasteiger partial charge >= 0.3 is 0 Å². The van der Waals surface area contributed by atoms with Gasteiger partial charge in [-0.3, -0.25) is 20.5 Å².